The van der Waals surface area contributed by atoms with Gasteiger partial charge in [-0.2, -0.15) is 0 Å². The van der Waals surface area contributed by atoms with Crippen molar-refractivity contribution in [2.45, 2.75) is 12.8 Å². The molecular weight excluding hydrogens is 100 g/mol. The Morgan fingerprint density at radius 3 is 2.88 bits per heavy atom. The molecule has 0 aromatic heterocycles. The molecular formula is C7H10O. The summed E-state index contributed by atoms with van der Waals surface area (Å²) in [6, 6.07) is 0. The molecule has 2 aliphatic carbocycles. The van der Waals surface area contributed by atoms with Crippen LogP contribution in [0.5, 0.6) is 0 Å². The standard InChI is InChI=1S/C7H10O/c8-5-7-3-1-2-6(7)4-7/h1,3,6,8H,2,4-5H2. The van der Waals surface area contributed by atoms with Crippen LogP contribution >= 0.6 is 0 Å². The van der Waals surface area contributed by atoms with Crippen molar-refractivity contribution in [3.63, 3.8) is 0 Å². The molecule has 0 saturated heterocycles. The monoisotopic (exact) mass is 110 g/mol. The van der Waals surface area contributed by atoms with Crippen molar-refractivity contribution in [2.75, 3.05) is 6.61 Å². The molecule has 0 aliphatic heterocycles. The third-order valence-corrected chi connectivity index (χ3v) is 2.44. The number of allylic oxidation sites excluding steroid dienone is 1. The Bertz CT molecular complexity index is 135. The lowest BCUT2D eigenvalue weighted by Crippen LogP contribution is -2.01. The maximum Gasteiger partial charge on any atom is 0.0524 e. The predicted molar refractivity (Wildman–Crippen MR) is 31.4 cm³/mol. The van der Waals surface area contributed by atoms with Crippen molar-refractivity contribution in [1.29, 1.82) is 0 Å². The minimum atomic E-state index is 0.278. The van der Waals surface area contributed by atoms with Crippen LogP contribution < -0.4 is 0 Å². The van der Waals surface area contributed by atoms with Gasteiger partial charge in [0.15, 0.2) is 0 Å². The van der Waals surface area contributed by atoms with Crippen LogP contribution in [0.15, 0.2) is 12.2 Å². The highest BCUT2D eigenvalue weighted by Crippen LogP contribution is 2.59. The highest BCUT2D eigenvalue weighted by atomic mass is 16.3. The van der Waals surface area contributed by atoms with Crippen molar-refractivity contribution in [3.05, 3.63) is 12.2 Å². The summed E-state index contributed by atoms with van der Waals surface area (Å²) < 4.78 is 0. The van der Waals surface area contributed by atoms with E-state index in [1.807, 2.05) is 0 Å². The topological polar surface area (TPSA) is 20.2 Å². The van der Waals surface area contributed by atoms with Gasteiger partial charge in [0.05, 0.1) is 6.61 Å². The lowest BCUT2D eigenvalue weighted by Gasteiger charge is -1.99. The van der Waals surface area contributed by atoms with Crippen LogP contribution in [-0.2, 0) is 0 Å². The molecule has 1 nitrogen and oxygen atoms in total. The zero-order valence-electron chi connectivity index (χ0n) is 4.80. The second-order valence-electron chi connectivity index (χ2n) is 2.93. The molecule has 1 N–H and O–H groups in total. The Morgan fingerprint density at radius 1 is 1.75 bits per heavy atom. The van der Waals surface area contributed by atoms with E-state index in [2.05, 4.69) is 12.2 Å². The molecule has 2 unspecified atom stereocenters. The first-order valence-electron chi connectivity index (χ1n) is 3.16. The predicted octanol–water partition coefficient (Wildman–Crippen LogP) is 0.945. The van der Waals surface area contributed by atoms with Gasteiger partial charge in [0.25, 0.3) is 0 Å². The average Bonchev–Trinajstić information content (AvgIpc) is 2.38. The Labute approximate surface area is 49.0 Å². The van der Waals surface area contributed by atoms with Gasteiger partial charge in [-0.05, 0) is 18.8 Å². The lowest BCUT2D eigenvalue weighted by atomic mass is 10.1. The third-order valence-electron chi connectivity index (χ3n) is 2.44. The maximum atomic E-state index is 8.82. The molecule has 0 spiro atoms. The molecule has 8 heavy (non-hydrogen) atoms. The SMILES string of the molecule is OCC12C=CCC1C2. The van der Waals surface area contributed by atoms with Gasteiger partial charge in [0.1, 0.15) is 0 Å². The first-order valence-corrected chi connectivity index (χ1v) is 3.16. The molecule has 2 rings (SSSR count). The quantitative estimate of drug-likeness (QED) is 0.498. The first kappa shape index (κ1) is 4.57. The Kier molecular flexibility index (Phi) is 0.662. The van der Waals surface area contributed by atoms with E-state index < -0.39 is 0 Å². The fraction of sp³-hybridized carbons (Fsp3) is 0.714. The van der Waals surface area contributed by atoms with E-state index in [9.17, 15) is 0 Å². The van der Waals surface area contributed by atoms with E-state index in [1.165, 1.54) is 12.8 Å². The zero-order chi connectivity index (χ0) is 5.61. The normalized spacial score (nSPS) is 49.4. The summed E-state index contributed by atoms with van der Waals surface area (Å²) >= 11 is 0. The van der Waals surface area contributed by atoms with Crippen LogP contribution in [0.2, 0.25) is 0 Å². The van der Waals surface area contributed by atoms with Crippen molar-refractivity contribution in [1.82, 2.24) is 0 Å². The number of rotatable bonds is 1. The number of aliphatic hydroxyl groups is 1. The molecule has 44 valence electrons. The summed E-state index contributed by atoms with van der Waals surface area (Å²) in [6.07, 6.45) is 6.81. The summed E-state index contributed by atoms with van der Waals surface area (Å²) in [5.41, 5.74) is 0.278. The van der Waals surface area contributed by atoms with Crippen molar-refractivity contribution < 1.29 is 5.11 Å². The summed E-state index contributed by atoms with van der Waals surface area (Å²) in [5.74, 6) is 0.812. The van der Waals surface area contributed by atoms with Gasteiger partial charge in [-0.15, -0.1) is 0 Å². The van der Waals surface area contributed by atoms with E-state index in [4.69, 9.17) is 5.11 Å². The van der Waals surface area contributed by atoms with E-state index in [1.54, 1.807) is 0 Å². The summed E-state index contributed by atoms with van der Waals surface area (Å²) in [5, 5.41) is 8.82. The summed E-state index contributed by atoms with van der Waals surface area (Å²) in [6.45, 7) is 0.369. The highest BCUT2D eigenvalue weighted by molar-refractivity contribution is 5.22. The highest BCUT2D eigenvalue weighted by Gasteiger charge is 2.53. The Morgan fingerprint density at radius 2 is 2.62 bits per heavy atom. The number of aliphatic hydroxyl groups excluding tert-OH is 1. The van der Waals surface area contributed by atoms with Crippen molar-refractivity contribution >= 4 is 0 Å². The molecule has 0 aromatic carbocycles. The molecule has 0 bridgehead atoms. The second kappa shape index (κ2) is 1.16. The van der Waals surface area contributed by atoms with Gasteiger partial charge in [-0.3, -0.25) is 0 Å². The summed E-state index contributed by atoms with van der Waals surface area (Å²) in [4.78, 5) is 0. The molecule has 2 aliphatic rings. The molecule has 0 radical (unpaired) electrons. The van der Waals surface area contributed by atoms with Gasteiger partial charge in [-0.1, -0.05) is 12.2 Å². The van der Waals surface area contributed by atoms with Crippen LogP contribution in [0, 0.1) is 11.3 Å². The van der Waals surface area contributed by atoms with Gasteiger partial charge in [-0.25, -0.2) is 0 Å². The largest absolute Gasteiger partial charge is 0.395 e. The van der Waals surface area contributed by atoms with Gasteiger partial charge < -0.3 is 5.11 Å². The van der Waals surface area contributed by atoms with E-state index in [0.717, 1.165) is 5.92 Å². The number of hydrogen-bond donors (Lipinski definition) is 1. The zero-order valence-corrected chi connectivity index (χ0v) is 4.80. The van der Waals surface area contributed by atoms with E-state index in [-0.39, 0.29) is 5.41 Å². The Hall–Kier alpha value is -0.300. The van der Waals surface area contributed by atoms with Crippen LogP contribution in [0.3, 0.4) is 0 Å². The van der Waals surface area contributed by atoms with E-state index in [0.29, 0.717) is 6.61 Å². The fourth-order valence-electron chi connectivity index (χ4n) is 1.64. The van der Waals surface area contributed by atoms with Gasteiger partial charge >= 0.3 is 0 Å². The molecule has 0 amide bonds. The van der Waals surface area contributed by atoms with Crippen LogP contribution in [0.1, 0.15) is 12.8 Å². The van der Waals surface area contributed by atoms with Crippen LogP contribution in [0.4, 0.5) is 0 Å². The Balaban J connectivity index is 2.19. The molecule has 1 fully saturated rings. The van der Waals surface area contributed by atoms with Gasteiger partial charge in [0.2, 0.25) is 0 Å². The first-order chi connectivity index (χ1) is 3.87. The fourth-order valence-corrected chi connectivity index (χ4v) is 1.64. The smallest absolute Gasteiger partial charge is 0.0524 e. The number of hydrogen-bond acceptors (Lipinski definition) is 1. The molecule has 2 atom stereocenters. The van der Waals surface area contributed by atoms with E-state index >= 15 is 0 Å². The lowest BCUT2D eigenvalue weighted by molar-refractivity contribution is 0.235. The molecule has 1 saturated carbocycles. The number of fused-ring (bicyclic) bond motifs is 1. The minimum absolute atomic E-state index is 0.278. The van der Waals surface area contributed by atoms with Crippen LogP contribution in [0.25, 0.3) is 0 Å². The van der Waals surface area contributed by atoms with Gasteiger partial charge in [0, 0.05) is 5.41 Å². The average molecular weight is 110 g/mol. The summed E-state index contributed by atoms with van der Waals surface area (Å²) in [7, 11) is 0. The third kappa shape index (κ3) is 0.360. The van der Waals surface area contributed by atoms with Crippen LogP contribution in [-0.4, -0.2) is 11.7 Å². The van der Waals surface area contributed by atoms with Crippen molar-refractivity contribution in [3.8, 4) is 0 Å². The molecule has 0 aromatic rings. The molecule has 0 heterocycles. The molecule has 1 heteroatoms. The second-order valence-corrected chi connectivity index (χ2v) is 2.93. The maximum absolute atomic E-state index is 8.82. The minimum Gasteiger partial charge on any atom is -0.395 e. The van der Waals surface area contributed by atoms with Crippen molar-refractivity contribution in [2.24, 2.45) is 11.3 Å².